The van der Waals surface area contributed by atoms with Crippen molar-refractivity contribution in [3.8, 4) is 0 Å². The van der Waals surface area contributed by atoms with Crippen LogP contribution >= 0.6 is 0 Å². The number of aryl methyl sites for hydroxylation is 1. The topological polar surface area (TPSA) is 69.7 Å². The van der Waals surface area contributed by atoms with Crippen LogP contribution in [-0.4, -0.2) is 46.3 Å². The van der Waals surface area contributed by atoms with E-state index in [0.717, 1.165) is 23.3 Å². The van der Waals surface area contributed by atoms with E-state index in [4.69, 9.17) is 0 Å². The number of nitrogens with zero attached hydrogens (tertiary/aromatic N) is 2. The summed E-state index contributed by atoms with van der Waals surface area (Å²) in [6, 6.07) is 7.19. The summed E-state index contributed by atoms with van der Waals surface area (Å²) < 4.78 is 0. The van der Waals surface area contributed by atoms with Gasteiger partial charge in [-0.05, 0) is 52.2 Å². The van der Waals surface area contributed by atoms with Gasteiger partial charge in [0, 0.05) is 12.1 Å². The first kappa shape index (κ1) is 20.9. The number of nitrogens with one attached hydrogen (secondary N) is 1. The monoisotopic (exact) mass is 373 g/mol. The van der Waals surface area contributed by atoms with Crippen LogP contribution in [0.5, 0.6) is 0 Å². The maximum Gasteiger partial charge on any atom is 0.325 e. The van der Waals surface area contributed by atoms with Crippen molar-refractivity contribution in [1.82, 2.24) is 15.1 Å². The number of amides is 4. The van der Waals surface area contributed by atoms with Gasteiger partial charge in [-0.2, -0.15) is 0 Å². The molecule has 1 N–H and O–H groups in total. The molecular weight excluding hydrogens is 342 g/mol. The average molecular weight is 373 g/mol. The first-order chi connectivity index (χ1) is 12.6. The van der Waals surface area contributed by atoms with Gasteiger partial charge >= 0.3 is 6.03 Å². The smallest absolute Gasteiger partial charge is 0.325 e. The normalized spacial score (nSPS) is 19.8. The highest BCUT2D eigenvalue weighted by atomic mass is 16.2. The molecule has 0 spiro atoms. The minimum Gasteiger partial charge on any atom is -0.336 e. The summed E-state index contributed by atoms with van der Waals surface area (Å²) in [5.41, 5.74) is 0.765. The van der Waals surface area contributed by atoms with Crippen molar-refractivity contribution >= 4 is 17.8 Å². The Kier molecular flexibility index (Phi) is 6.29. The molecule has 1 aromatic carbocycles. The number of imide groups is 1. The molecule has 0 saturated carbocycles. The van der Waals surface area contributed by atoms with Gasteiger partial charge in [0.05, 0.1) is 0 Å². The van der Waals surface area contributed by atoms with Crippen molar-refractivity contribution < 1.29 is 14.4 Å². The highest BCUT2D eigenvalue weighted by Gasteiger charge is 2.49. The first-order valence-corrected chi connectivity index (χ1v) is 9.66. The van der Waals surface area contributed by atoms with E-state index in [1.54, 1.807) is 11.8 Å². The molecule has 0 aromatic heterocycles. The maximum atomic E-state index is 13.0. The Hall–Kier alpha value is -2.37. The van der Waals surface area contributed by atoms with Crippen molar-refractivity contribution in [3.05, 3.63) is 35.4 Å². The van der Waals surface area contributed by atoms with E-state index >= 15 is 0 Å². The Morgan fingerprint density at radius 2 is 1.67 bits per heavy atom. The van der Waals surface area contributed by atoms with Gasteiger partial charge in [-0.25, -0.2) is 4.79 Å². The lowest BCUT2D eigenvalue weighted by molar-refractivity contribution is -0.141. The molecule has 1 heterocycles. The molecule has 0 aliphatic carbocycles. The van der Waals surface area contributed by atoms with E-state index in [9.17, 15) is 14.4 Å². The van der Waals surface area contributed by atoms with Crippen LogP contribution in [0.4, 0.5) is 4.79 Å². The molecular formula is C21H31N3O3. The first-order valence-electron chi connectivity index (χ1n) is 9.66. The number of carbonyl (C=O) groups is 3. The molecule has 27 heavy (non-hydrogen) atoms. The number of hydrogen-bond donors (Lipinski definition) is 1. The van der Waals surface area contributed by atoms with E-state index in [-0.39, 0.29) is 24.5 Å². The fourth-order valence-corrected chi connectivity index (χ4v) is 3.72. The minimum atomic E-state index is -1.15. The van der Waals surface area contributed by atoms with E-state index in [0.29, 0.717) is 0 Å². The lowest BCUT2D eigenvalue weighted by Crippen LogP contribution is -2.49. The molecule has 6 heteroatoms. The summed E-state index contributed by atoms with van der Waals surface area (Å²) in [4.78, 5) is 40.9. The number of urea groups is 1. The van der Waals surface area contributed by atoms with Crippen LogP contribution in [0, 0.1) is 0 Å². The fraction of sp³-hybridized carbons (Fsp3) is 0.571. The van der Waals surface area contributed by atoms with Crippen molar-refractivity contribution in [3.63, 3.8) is 0 Å². The minimum absolute atomic E-state index is 0.00393. The third kappa shape index (κ3) is 4.15. The molecule has 2 rings (SSSR count). The number of carbonyl (C=O) groups excluding carboxylic acids is 3. The predicted octanol–water partition coefficient (Wildman–Crippen LogP) is 3.05. The Labute approximate surface area is 161 Å². The molecule has 0 unspecified atom stereocenters. The lowest BCUT2D eigenvalue weighted by atomic mass is 9.91. The Morgan fingerprint density at radius 1 is 1.11 bits per heavy atom. The van der Waals surface area contributed by atoms with Crippen molar-refractivity contribution in [2.24, 2.45) is 0 Å². The molecule has 1 atom stereocenters. The number of benzene rings is 1. The van der Waals surface area contributed by atoms with Crippen LogP contribution in [0.1, 0.15) is 59.1 Å². The van der Waals surface area contributed by atoms with Gasteiger partial charge in [0.2, 0.25) is 5.91 Å². The van der Waals surface area contributed by atoms with Crippen LogP contribution in [0.15, 0.2) is 24.3 Å². The second-order valence-corrected chi connectivity index (χ2v) is 7.88. The largest absolute Gasteiger partial charge is 0.336 e. The lowest BCUT2D eigenvalue weighted by Gasteiger charge is -2.32. The molecule has 1 aliphatic heterocycles. The predicted molar refractivity (Wildman–Crippen MR) is 105 cm³/mol. The number of hydrogen-bond acceptors (Lipinski definition) is 3. The standard InChI is InChI=1S/C21H31N3O3/c1-7-8-16-9-11-17(12-10-16)21(6)19(26)23(20(27)22-21)13-18(25)24(14(2)3)15(4)5/h9-12,14-15H,7-8,13H2,1-6H3,(H,22,27)/t21-/m1/s1. The molecule has 6 nitrogen and oxygen atoms in total. The van der Waals surface area contributed by atoms with Crippen LogP contribution in [0.25, 0.3) is 0 Å². The summed E-state index contributed by atoms with van der Waals surface area (Å²) in [5.74, 6) is -0.623. The zero-order valence-electron chi connectivity index (χ0n) is 17.2. The molecule has 1 aliphatic rings. The molecule has 4 amide bonds. The van der Waals surface area contributed by atoms with Gasteiger partial charge in [0.1, 0.15) is 12.1 Å². The zero-order chi connectivity index (χ0) is 20.4. The molecule has 1 fully saturated rings. The van der Waals surface area contributed by atoms with Crippen LogP contribution in [0.3, 0.4) is 0 Å². The van der Waals surface area contributed by atoms with Crippen molar-refractivity contribution in [1.29, 1.82) is 0 Å². The Bertz CT molecular complexity index is 704. The second-order valence-electron chi connectivity index (χ2n) is 7.88. The summed E-state index contributed by atoms with van der Waals surface area (Å²) in [6.07, 6.45) is 2.02. The van der Waals surface area contributed by atoms with E-state index in [1.165, 1.54) is 5.56 Å². The second kappa shape index (κ2) is 8.11. The Morgan fingerprint density at radius 3 is 2.15 bits per heavy atom. The van der Waals surface area contributed by atoms with Gasteiger partial charge in [-0.15, -0.1) is 0 Å². The third-order valence-corrected chi connectivity index (χ3v) is 5.04. The van der Waals surface area contributed by atoms with Crippen LogP contribution < -0.4 is 5.32 Å². The molecule has 1 aromatic rings. The van der Waals surface area contributed by atoms with Gasteiger partial charge in [0.25, 0.3) is 5.91 Å². The summed E-state index contributed by atoms with van der Waals surface area (Å²) >= 11 is 0. The highest BCUT2D eigenvalue weighted by Crippen LogP contribution is 2.29. The van der Waals surface area contributed by atoms with Gasteiger partial charge in [0.15, 0.2) is 0 Å². The molecule has 1 saturated heterocycles. The quantitative estimate of drug-likeness (QED) is 0.747. The summed E-state index contributed by atoms with van der Waals surface area (Å²) in [7, 11) is 0. The highest BCUT2D eigenvalue weighted by molar-refractivity contribution is 6.09. The number of rotatable bonds is 7. The molecule has 148 valence electrons. The molecule has 0 radical (unpaired) electrons. The average Bonchev–Trinajstić information content (AvgIpc) is 2.79. The zero-order valence-corrected chi connectivity index (χ0v) is 17.2. The van der Waals surface area contributed by atoms with E-state index < -0.39 is 17.5 Å². The fourth-order valence-electron chi connectivity index (χ4n) is 3.72. The van der Waals surface area contributed by atoms with Crippen molar-refractivity contribution in [2.75, 3.05) is 6.54 Å². The van der Waals surface area contributed by atoms with E-state index in [1.807, 2.05) is 52.0 Å². The third-order valence-electron chi connectivity index (χ3n) is 5.04. The van der Waals surface area contributed by atoms with Crippen molar-refractivity contribution in [2.45, 2.75) is 72.0 Å². The SMILES string of the molecule is CCCc1ccc([C@@]2(C)NC(=O)N(CC(=O)N(C(C)C)C(C)C)C2=O)cc1. The molecule has 0 bridgehead atoms. The van der Waals surface area contributed by atoms with Gasteiger partial charge in [-0.3, -0.25) is 14.5 Å². The Balaban J connectivity index is 2.21. The van der Waals surface area contributed by atoms with E-state index in [2.05, 4.69) is 12.2 Å². The maximum absolute atomic E-state index is 13.0. The van der Waals surface area contributed by atoms with Crippen LogP contribution in [0.2, 0.25) is 0 Å². The summed E-state index contributed by atoms with van der Waals surface area (Å²) in [6.45, 7) is 11.2. The van der Waals surface area contributed by atoms with Gasteiger partial charge < -0.3 is 10.2 Å². The summed E-state index contributed by atoms with van der Waals surface area (Å²) in [5, 5.41) is 2.77. The van der Waals surface area contributed by atoms with Crippen LogP contribution in [-0.2, 0) is 21.5 Å². The van der Waals surface area contributed by atoms with Gasteiger partial charge in [-0.1, -0.05) is 37.6 Å².